The molecule has 9 heteroatoms. The van der Waals surface area contributed by atoms with Gasteiger partial charge in [0.15, 0.2) is 0 Å². The molecular formula is C34H32N6O2S. The number of fused-ring (bicyclic) bond motifs is 1. The second-order valence-electron chi connectivity index (χ2n) is 10.4. The van der Waals surface area contributed by atoms with Crippen LogP contribution in [0, 0.1) is 0 Å². The number of anilines is 1. The maximum atomic E-state index is 13.7. The number of carbonyl (C=O) groups is 1. The van der Waals surface area contributed by atoms with Gasteiger partial charge >= 0.3 is 0 Å². The van der Waals surface area contributed by atoms with Crippen LogP contribution in [0.1, 0.15) is 28.5 Å². The fraction of sp³-hybridized carbons (Fsp3) is 0.176. The molecule has 0 bridgehead atoms. The van der Waals surface area contributed by atoms with Gasteiger partial charge in [-0.15, -0.1) is 11.3 Å². The van der Waals surface area contributed by atoms with Crippen molar-refractivity contribution in [3.63, 3.8) is 0 Å². The standard InChI is InChI=1S/C34H32N6O2S/c1-35-29-17-23(16-26-19-36-15-14-28(26)29)18-38-32(41)22-40-33(25-10-6-3-7-11-25)39-21-30(34(40)42)37-20-27-12-13-31(43-27)24-8-4-2-5-9-24/h2-16,19,21,29,35,37H,17-18,20,22H2,1H3,(H,38,41). The second kappa shape index (κ2) is 13.0. The van der Waals surface area contributed by atoms with Crippen LogP contribution in [0.25, 0.3) is 27.9 Å². The fourth-order valence-electron chi connectivity index (χ4n) is 5.29. The van der Waals surface area contributed by atoms with Gasteiger partial charge in [-0.2, -0.15) is 0 Å². The SMILES string of the molecule is CNC1CC(CNC(=O)Cn2c(-c3ccccc3)ncc(NCc3ccc(-c4ccccc4)s3)c2=O)=Cc2cnccc21. The van der Waals surface area contributed by atoms with E-state index in [4.69, 9.17) is 0 Å². The highest BCUT2D eigenvalue weighted by molar-refractivity contribution is 7.15. The Hall–Kier alpha value is -4.86. The molecule has 1 atom stereocenters. The monoisotopic (exact) mass is 588 g/mol. The Bertz CT molecular complexity index is 1810. The molecule has 1 unspecified atom stereocenters. The summed E-state index contributed by atoms with van der Waals surface area (Å²) in [6, 6.07) is 26.0. The lowest BCUT2D eigenvalue weighted by molar-refractivity contribution is -0.121. The Labute approximate surface area is 254 Å². The van der Waals surface area contributed by atoms with Crippen molar-refractivity contribution < 1.29 is 4.79 Å². The molecule has 0 saturated heterocycles. The molecule has 3 N–H and O–H groups in total. The van der Waals surface area contributed by atoms with E-state index in [1.807, 2.05) is 67.8 Å². The number of hydrogen-bond acceptors (Lipinski definition) is 7. The maximum absolute atomic E-state index is 13.7. The Morgan fingerprint density at radius 2 is 1.72 bits per heavy atom. The van der Waals surface area contributed by atoms with Crippen molar-refractivity contribution in [1.82, 2.24) is 25.2 Å². The van der Waals surface area contributed by atoms with Crippen LogP contribution in [-0.4, -0.2) is 34.0 Å². The molecule has 0 radical (unpaired) electrons. The molecule has 216 valence electrons. The summed E-state index contributed by atoms with van der Waals surface area (Å²) in [5.41, 5.74) is 5.30. The third-order valence-corrected chi connectivity index (χ3v) is 8.64. The smallest absolute Gasteiger partial charge is 0.277 e. The number of rotatable bonds is 10. The summed E-state index contributed by atoms with van der Waals surface area (Å²) in [5, 5.41) is 9.62. The van der Waals surface area contributed by atoms with Gasteiger partial charge in [-0.05, 0) is 53.9 Å². The Morgan fingerprint density at radius 1 is 0.953 bits per heavy atom. The van der Waals surface area contributed by atoms with Crippen molar-refractivity contribution in [3.05, 3.63) is 129 Å². The molecule has 43 heavy (non-hydrogen) atoms. The number of hydrogen-bond donors (Lipinski definition) is 3. The summed E-state index contributed by atoms with van der Waals surface area (Å²) in [6.07, 6.45) is 8.05. The van der Waals surface area contributed by atoms with Gasteiger partial charge in [-0.3, -0.25) is 19.1 Å². The third-order valence-electron chi connectivity index (χ3n) is 7.50. The number of benzene rings is 2. The summed E-state index contributed by atoms with van der Waals surface area (Å²) in [7, 11) is 1.93. The molecular weight excluding hydrogens is 556 g/mol. The highest BCUT2D eigenvalue weighted by Gasteiger charge is 2.21. The molecule has 3 aromatic heterocycles. The van der Waals surface area contributed by atoms with Crippen LogP contribution in [-0.2, 0) is 17.9 Å². The largest absolute Gasteiger partial charge is 0.374 e. The molecule has 0 aliphatic heterocycles. The van der Waals surface area contributed by atoms with E-state index in [0.717, 1.165) is 38.4 Å². The quantitative estimate of drug-likeness (QED) is 0.199. The molecule has 8 nitrogen and oxygen atoms in total. The van der Waals surface area contributed by atoms with E-state index in [9.17, 15) is 9.59 Å². The number of carbonyl (C=O) groups excluding carboxylic acids is 1. The minimum Gasteiger partial charge on any atom is -0.374 e. The lowest BCUT2D eigenvalue weighted by Gasteiger charge is -2.25. The normalized spacial score (nSPS) is 14.1. The van der Waals surface area contributed by atoms with Crippen LogP contribution in [0.3, 0.4) is 0 Å². The van der Waals surface area contributed by atoms with Crippen LogP contribution in [0.2, 0.25) is 0 Å². The zero-order chi connectivity index (χ0) is 29.6. The first kappa shape index (κ1) is 28.3. The first-order chi connectivity index (χ1) is 21.1. The predicted molar refractivity (Wildman–Crippen MR) is 173 cm³/mol. The van der Waals surface area contributed by atoms with E-state index < -0.39 is 0 Å². The number of thiophene rings is 1. The van der Waals surface area contributed by atoms with E-state index in [-0.39, 0.29) is 24.1 Å². The summed E-state index contributed by atoms with van der Waals surface area (Å²) in [6.45, 7) is 0.709. The predicted octanol–water partition coefficient (Wildman–Crippen LogP) is 5.51. The number of amides is 1. The van der Waals surface area contributed by atoms with Crippen molar-refractivity contribution in [2.24, 2.45) is 0 Å². The number of aromatic nitrogens is 3. The highest BCUT2D eigenvalue weighted by Crippen LogP contribution is 2.31. The topological polar surface area (TPSA) is 101 Å². The van der Waals surface area contributed by atoms with Gasteiger partial charge in [0.1, 0.15) is 18.1 Å². The van der Waals surface area contributed by atoms with Gasteiger partial charge in [-0.1, -0.05) is 66.7 Å². The van der Waals surface area contributed by atoms with E-state index in [2.05, 4.69) is 56.3 Å². The first-order valence-corrected chi connectivity index (χ1v) is 15.0. The maximum Gasteiger partial charge on any atom is 0.277 e. The molecule has 2 aromatic carbocycles. The van der Waals surface area contributed by atoms with E-state index in [0.29, 0.717) is 24.6 Å². The summed E-state index contributed by atoms with van der Waals surface area (Å²) in [5.74, 6) is 0.184. The van der Waals surface area contributed by atoms with Gasteiger partial charge in [-0.25, -0.2) is 4.98 Å². The van der Waals surface area contributed by atoms with Crippen LogP contribution >= 0.6 is 11.3 Å². The number of nitrogens with one attached hydrogen (secondary N) is 3. The van der Waals surface area contributed by atoms with Crippen LogP contribution in [0.5, 0.6) is 0 Å². The minimum absolute atomic E-state index is 0.149. The molecule has 1 aliphatic rings. The molecule has 0 saturated carbocycles. The van der Waals surface area contributed by atoms with Gasteiger partial charge in [0.2, 0.25) is 5.91 Å². The van der Waals surface area contributed by atoms with Crippen molar-refractivity contribution in [3.8, 4) is 21.8 Å². The van der Waals surface area contributed by atoms with E-state index in [1.165, 1.54) is 10.1 Å². The van der Waals surface area contributed by atoms with Crippen molar-refractivity contribution in [1.29, 1.82) is 0 Å². The lowest BCUT2D eigenvalue weighted by atomic mass is 9.89. The number of nitrogens with zero attached hydrogens (tertiary/aromatic N) is 3. The van der Waals surface area contributed by atoms with Crippen LogP contribution in [0.15, 0.2) is 108 Å². The summed E-state index contributed by atoms with van der Waals surface area (Å²) in [4.78, 5) is 38.1. The van der Waals surface area contributed by atoms with Crippen molar-refractivity contribution >= 4 is 29.0 Å². The molecule has 5 aromatic rings. The van der Waals surface area contributed by atoms with Crippen molar-refractivity contribution in [2.75, 3.05) is 18.9 Å². The Morgan fingerprint density at radius 3 is 2.49 bits per heavy atom. The van der Waals surface area contributed by atoms with Crippen LogP contribution < -0.4 is 21.5 Å². The molecule has 0 fully saturated rings. The molecule has 0 spiro atoms. The minimum atomic E-state index is -0.295. The van der Waals surface area contributed by atoms with Gasteiger partial charge in [0, 0.05) is 46.8 Å². The fourth-order valence-corrected chi connectivity index (χ4v) is 6.24. The van der Waals surface area contributed by atoms with Crippen LogP contribution in [0.4, 0.5) is 5.69 Å². The van der Waals surface area contributed by atoms with Crippen molar-refractivity contribution in [2.45, 2.75) is 25.6 Å². The average Bonchev–Trinajstić information content (AvgIpc) is 3.54. The molecule has 6 rings (SSSR count). The Balaban J connectivity index is 1.19. The first-order valence-electron chi connectivity index (χ1n) is 14.2. The number of pyridine rings is 1. The molecule has 1 amide bonds. The summed E-state index contributed by atoms with van der Waals surface area (Å²) < 4.78 is 1.45. The Kier molecular flexibility index (Phi) is 8.53. The van der Waals surface area contributed by atoms with Gasteiger partial charge in [0.25, 0.3) is 5.56 Å². The lowest BCUT2D eigenvalue weighted by Crippen LogP contribution is -2.36. The average molecular weight is 589 g/mol. The third kappa shape index (κ3) is 6.48. The summed E-state index contributed by atoms with van der Waals surface area (Å²) >= 11 is 1.67. The van der Waals surface area contributed by atoms with E-state index in [1.54, 1.807) is 23.7 Å². The zero-order valence-corrected chi connectivity index (χ0v) is 24.6. The van der Waals surface area contributed by atoms with E-state index >= 15 is 0 Å². The molecule has 1 aliphatic carbocycles. The second-order valence-corrected chi connectivity index (χ2v) is 11.5. The zero-order valence-electron chi connectivity index (χ0n) is 23.8. The van der Waals surface area contributed by atoms with Gasteiger partial charge < -0.3 is 16.0 Å². The highest BCUT2D eigenvalue weighted by atomic mass is 32.1. The van der Waals surface area contributed by atoms with Gasteiger partial charge in [0.05, 0.1) is 6.20 Å². The molecule has 3 heterocycles.